The van der Waals surface area contributed by atoms with Gasteiger partial charge in [-0.1, -0.05) is 24.3 Å². The smallest absolute Gasteiger partial charge is 0.352 e. The van der Waals surface area contributed by atoms with Crippen molar-refractivity contribution in [2.24, 2.45) is 0 Å². The summed E-state index contributed by atoms with van der Waals surface area (Å²) in [7, 11) is 2.97. The Hall–Kier alpha value is -4.73. The van der Waals surface area contributed by atoms with E-state index < -0.39 is 28.7 Å². The number of carbonyl (C=O) groups excluding carboxylic acids is 1. The first-order valence-corrected chi connectivity index (χ1v) is 10.5. The summed E-state index contributed by atoms with van der Waals surface area (Å²) >= 11 is 0. The Balaban J connectivity index is 1.86. The molecule has 0 aliphatic rings. The molecule has 178 valence electrons. The standard InChI is InChI=1S/C25H21FN4O5/c1-34-20-10-3-6-16(12-20)15-29-24(32)22(23(31)27-18-8-4-7-17(26)13-18)28-30(25(29)33)19-9-5-11-21(14-19)35-2/h3-14H,15H2,1-2H3,(H,27,31). The van der Waals surface area contributed by atoms with Crippen LogP contribution in [-0.2, 0) is 6.54 Å². The predicted molar refractivity (Wildman–Crippen MR) is 127 cm³/mol. The van der Waals surface area contributed by atoms with E-state index in [2.05, 4.69) is 10.4 Å². The van der Waals surface area contributed by atoms with E-state index in [-0.39, 0.29) is 17.9 Å². The van der Waals surface area contributed by atoms with Gasteiger partial charge in [-0.2, -0.15) is 9.78 Å². The number of amides is 1. The quantitative estimate of drug-likeness (QED) is 0.440. The number of hydrogen-bond acceptors (Lipinski definition) is 6. The maximum atomic E-state index is 13.6. The van der Waals surface area contributed by atoms with Crippen LogP contribution in [0.15, 0.2) is 82.4 Å². The SMILES string of the molecule is COc1cccc(Cn2c(=O)c(C(=O)Nc3cccc(F)c3)nn(-c3cccc(OC)c3)c2=O)c1. The van der Waals surface area contributed by atoms with Crippen LogP contribution in [0.25, 0.3) is 5.69 Å². The number of hydrogen-bond donors (Lipinski definition) is 1. The topological polar surface area (TPSA) is 104 Å². The summed E-state index contributed by atoms with van der Waals surface area (Å²) in [6.45, 7) is -0.137. The fourth-order valence-corrected chi connectivity index (χ4v) is 3.42. The van der Waals surface area contributed by atoms with Gasteiger partial charge in [-0.05, 0) is 48.0 Å². The molecule has 0 aliphatic carbocycles. The lowest BCUT2D eigenvalue weighted by Gasteiger charge is -2.13. The molecule has 0 aliphatic heterocycles. The minimum absolute atomic E-state index is 0.134. The van der Waals surface area contributed by atoms with Crippen molar-refractivity contribution >= 4 is 11.6 Å². The number of halogens is 1. The van der Waals surface area contributed by atoms with Gasteiger partial charge in [-0.3, -0.25) is 14.2 Å². The third-order valence-corrected chi connectivity index (χ3v) is 5.13. The minimum Gasteiger partial charge on any atom is -0.497 e. The number of carbonyl (C=O) groups is 1. The van der Waals surface area contributed by atoms with Crippen LogP contribution in [0.5, 0.6) is 11.5 Å². The monoisotopic (exact) mass is 476 g/mol. The number of nitrogens with zero attached hydrogens (tertiary/aromatic N) is 3. The van der Waals surface area contributed by atoms with Gasteiger partial charge in [-0.25, -0.2) is 9.18 Å². The van der Waals surface area contributed by atoms with Crippen molar-refractivity contribution in [2.45, 2.75) is 6.54 Å². The fourth-order valence-electron chi connectivity index (χ4n) is 3.42. The van der Waals surface area contributed by atoms with Gasteiger partial charge in [0.1, 0.15) is 17.3 Å². The molecule has 35 heavy (non-hydrogen) atoms. The summed E-state index contributed by atoms with van der Waals surface area (Å²) in [5.74, 6) is -0.460. The van der Waals surface area contributed by atoms with Gasteiger partial charge in [0.2, 0.25) is 5.69 Å². The molecule has 0 radical (unpaired) electrons. The molecule has 0 unspecified atom stereocenters. The molecule has 3 aromatic carbocycles. The van der Waals surface area contributed by atoms with Crippen LogP contribution >= 0.6 is 0 Å². The van der Waals surface area contributed by atoms with Gasteiger partial charge < -0.3 is 14.8 Å². The van der Waals surface area contributed by atoms with Crippen LogP contribution < -0.4 is 26.0 Å². The van der Waals surface area contributed by atoms with Gasteiger partial charge >= 0.3 is 5.69 Å². The highest BCUT2D eigenvalue weighted by Gasteiger charge is 2.21. The Morgan fingerprint density at radius 1 is 0.943 bits per heavy atom. The molecule has 1 N–H and O–H groups in total. The van der Waals surface area contributed by atoms with Gasteiger partial charge in [0.15, 0.2) is 0 Å². The molecule has 4 rings (SSSR count). The van der Waals surface area contributed by atoms with Crippen molar-refractivity contribution in [3.05, 3.63) is 111 Å². The summed E-state index contributed by atoms with van der Waals surface area (Å²) in [5, 5.41) is 6.51. The van der Waals surface area contributed by atoms with E-state index >= 15 is 0 Å². The average molecular weight is 476 g/mol. The average Bonchev–Trinajstić information content (AvgIpc) is 2.86. The highest BCUT2D eigenvalue weighted by molar-refractivity contribution is 6.02. The molecule has 0 fully saturated rings. The summed E-state index contributed by atoms with van der Waals surface area (Å²) in [6, 6.07) is 18.5. The summed E-state index contributed by atoms with van der Waals surface area (Å²) in [4.78, 5) is 39.6. The largest absolute Gasteiger partial charge is 0.497 e. The molecule has 10 heteroatoms. The third-order valence-electron chi connectivity index (χ3n) is 5.13. The molecule has 1 amide bonds. The highest BCUT2D eigenvalue weighted by Crippen LogP contribution is 2.16. The zero-order chi connectivity index (χ0) is 24.9. The molecular weight excluding hydrogens is 455 g/mol. The lowest BCUT2D eigenvalue weighted by Crippen LogP contribution is -2.45. The van der Waals surface area contributed by atoms with Crippen LogP contribution in [0.3, 0.4) is 0 Å². The van der Waals surface area contributed by atoms with E-state index in [0.29, 0.717) is 17.1 Å². The van der Waals surface area contributed by atoms with E-state index in [4.69, 9.17) is 9.47 Å². The van der Waals surface area contributed by atoms with Crippen LogP contribution in [0.2, 0.25) is 0 Å². The van der Waals surface area contributed by atoms with E-state index in [1.165, 1.54) is 32.4 Å². The van der Waals surface area contributed by atoms with Crippen LogP contribution in [-0.4, -0.2) is 34.5 Å². The minimum atomic E-state index is -0.897. The van der Waals surface area contributed by atoms with Crippen molar-refractivity contribution < 1.29 is 18.7 Å². The first kappa shape index (κ1) is 23.4. The molecule has 1 aromatic heterocycles. The summed E-state index contributed by atoms with van der Waals surface area (Å²) < 4.78 is 25.9. The lowest BCUT2D eigenvalue weighted by molar-refractivity contribution is 0.101. The fraction of sp³-hybridized carbons (Fsp3) is 0.120. The maximum absolute atomic E-state index is 13.6. The van der Waals surface area contributed by atoms with Crippen molar-refractivity contribution in [3.63, 3.8) is 0 Å². The predicted octanol–water partition coefficient (Wildman–Crippen LogP) is 2.85. The second kappa shape index (κ2) is 10.0. The van der Waals surface area contributed by atoms with Crippen LogP contribution in [0.1, 0.15) is 16.1 Å². The third kappa shape index (κ3) is 5.11. The Bertz CT molecular complexity index is 1510. The first-order chi connectivity index (χ1) is 16.9. The zero-order valence-corrected chi connectivity index (χ0v) is 18.9. The molecule has 0 atom stereocenters. The zero-order valence-electron chi connectivity index (χ0n) is 18.9. The number of methoxy groups -OCH3 is 2. The number of nitrogens with one attached hydrogen (secondary N) is 1. The van der Waals surface area contributed by atoms with Gasteiger partial charge in [0, 0.05) is 11.8 Å². The second-order valence-corrected chi connectivity index (χ2v) is 7.45. The molecule has 0 spiro atoms. The van der Waals surface area contributed by atoms with Crippen molar-refractivity contribution in [2.75, 3.05) is 19.5 Å². The Labute approximate surface area is 199 Å². The number of anilines is 1. The summed E-state index contributed by atoms with van der Waals surface area (Å²) in [6.07, 6.45) is 0. The Morgan fingerprint density at radius 3 is 2.34 bits per heavy atom. The summed E-state index contributed by atoms with van der Waals surface area (Å²) in [5.41, 5.74) is -1.18. The van der Waals surface area contributed by atoms with Crippen LogP contribution in [0.4, 0.5) is 10.1 Å². The van der Waals surface area contributed by atoms with Crippen LogP contribution in [0, 0.1) is 5.82 Å². The number of ether oxygens (including phenoxy) is 2. The van der Waals surface area contributed by atoms with E-state index in [1.807, 2.05) is 0 Å². The van der Waals surface area contributed by atoms with E-state index in [1.54, 1.807) is 48.5 Å². The first-order valence-electron chi connectivity index (χ1n) is 10.5. The highest BCUT2D eigenvalue weighted by atomic mass is 19.1. The molecule has 1 heterocycles. The molecule has 4 aromatic rings. The van der Waals surface area contributed by atoms with Crippen molar-refractivity contribution in [3.8, 4) is 17.2 Å². The van der Waals surface area contributed by atoms with Gasteiger partial charge in [-0.15, -0.1) is 0 Å². The molecule has 0 saturated heterocycles. The molecular formula is C25H21FN4O5. The molecule has 0 saturated carbocycles. The molecule has 0 bridgehead atoms. The van der Waals surface area contributed by atoms with Crippen molar-refractivity contribution in [1.29, 1.82) is 0 Å². The Morgan fingerprint density at radius 2 is 1.63 bits per heavy atom. The second-order valence-electron chi connectivity index (χ2n) is 7.45. The number of benzene rings is 3. The number of aromatic nitrogens is 3. The maximum Gasteiger partial charge on any atom is 0.352 e. The molecule has 9 nitrogen and oxygen atoms in total. The van der Waals surface area contributed by atoms with Gasteiger partial charge in [0.05, 0.1) is 26.5 Å². The lowest BCUT2D eigenvalue weighted by atomic mass is 10.2. The normalized spacial score (nSPS) is 10.6. The van der Waals surface area contributed by atoms with E-state index in [0.717, 1.165) is 15.3 Å². The van der Waals surface area contributed by atoms with Gasteiger partial charge in [0.25, 0.3) is 11.5 Å². The van der Waals surface area contributed by atoms with E-state index in [9.17, 15) is 18.8 Å². The number of rotatable bonds is 7. The van der Waals surface area contributed by atoms with Crippen molar-refractivity contribution in [1.82, 2.24) is 14.3 Å². The Kier molecular flexibility index (Phi) is 6.72.